The molecule has 0 aromatic rings. The van der Waals surface area contributed by atoms with Crippen molar-refractivity contribution in [1.29, 1.82) is 0 Å². The molecule has 36 valence electrons. The zero-order valence-corrected chi connectivity index (χ0v) is 8.67. The van der Waals surface area contributed by atoms with Gasteiger partial charge in [0.15, 0.2) is 0 Å². The largest absolute Gasteiger partial charge is 0.0813 e. The van der Waals surface area contributed by atoms with E-state index in [0.717, 1.165) is 0 Å². The summed E-state index contributed by atoms with van der Waals surface area (Å²) in [5, 5.41) is 0. The smallest absolute Gasteiger partial charge is 0.0223 e. The molecule has 0 aromatic heterocycles. The summed E-state index contributed by atoms with van der Waals surface area (Å²) >= 11 is 0. The minimum Gasteiger partial charge on any atom is -0.0813 e. The van der Waals surface area contributed by atoms with E-state index in [1.54, 1.807) is 0 Å². The molecule has 2 radical (unpaired) electrons. The maximum absolute atomic E-state index is 2.18. The van der Waals surface area contributed by atoms with Gasteiger partial charge in [-0.3, -0.25) is 0 Å². The van der Waals surface area contributed by atoms with E-state index in [1.807, 2.05) is 10.2 Å². The minimum absolute atomic E-state index is 0. The van der Waals surface area contributed by atoms with Gasteiger partial charge in [-0.1, -0.05) is 24.3 Å². The van der Waals surface area contributed by atoms with Gasteiger partial charge in [-0.05, 0) is 5.54 Å². The molecule has 1 rings (SSSR count). The van der Waals surface area contributed by atoms with Crippen molar-refractivity contribution >= 4 is 10.2 Å². The molecule has 0 amide bonds. The van der Waals surface area contributed by atoms with Crippen LogP contribution in [-0.4, -0.2) is 10.2 Å². The molecule has 0 fully saturated rings. The van der Waals surface area contributed by atoms with Crippen molar-refractivity contribution in [3.8, 4) is 0 Å². The van der Waals surface area contributed by atoms with Crippen molar-refractivity contribution in [2.75, 3.05) is 0 Å². The van der Waals surface area contributed by atoms with Crippen LogP contribution in [0.4, 0.5) is 0 Å². The second-order valence-corrected chi connectivity index (χ2v) is 2.38. The average Bonchev–Trinajstić information content (AvgIpc) is 1.86. The van der Waals surface area contributed by atoms with Crippen LogP contribution in [0.2, 0.25) is 5.54 Å². The van der Waals surface area contributed by atoms with Gasteiger partial charge < -0.3 is 0 Å². The molecule has 1 aliphatic carbocycles. The van der Waals surface area contributed by atoms with Gasteiger partial charge in [0.05, 0.1) is 0 Å². The summed E-state index contributed by atoms with van der Waals surface area (Å²) in [4.78, 5) is 0. The fourth-order valence-corrected chi connectivity index (χ4v) is 0.792. The number of allylic oxidation sites excluding steroid dienone is 4. The van der Waals surface area contributed by atoms with E-state index >= 15 is 0 Å². The average molecular weight is 276 g/mol. The Morgan fingerprint density at radius 3 is 1.71 bits per heavy atom. The molecular weight excluding hydrogens is 269 g/mol. The SMILES string of the molecule is [SiH2]C1C=CC=C1.[Ta]. The summed E-state index contributed by atoms with van der Waals surface area (Å²) in [5.74, 6) is 0. The van der Waals surface area contributed by atoms with E-state index in [2.05, 4.69) is 24.3 Å². The van der Waals surface area contributed by atoms with Crippen molar-refractivity contribution in [3.63, 3.8) is 0 Å². The molecule has 1 aliphatic rings. The van der Waals surface area contributed by atoms with Crippen molar-refractivity contribution in [2.45, 2.75) is 5.54 Å². The van der Waals surface area contributed by atoms with E-state index in [-0.39, 0.29) is 22.4 Å². The Hall–Kier alpha value is 0.437. The van der Waals surface area contributed by atoms with Crippen LogP contribution in [-0.2, 0) is 22.4 Å². The Bertz CT molecular complexity index is 84.3. The standard InChI is InChI=1S/C5H7Si.Ta/c6-5-3-1-2-4-5;/h1-5H,6H2;. The van der Waals surface area contributed by atoms with Gasteiger partial charge in [0.2, 0.25) is 0 Å². The third-order valence-electron chi connectivity index (χ3n) is 0.828. The number of rotatable bonds is 0. The predicted molar refractivity (Wildman–Crippen MR) is 30.6 cm³/mol. The van der Waals surface area contributed by atoms with Crippen LogP contribution in [0, 0.1) is 0 Å². The van der Waals surface area contributed by atoms with Gasteiger partial charge in [0.1, 0.15) is 0 Å². The van der Waals surface area contributed by atoms with Crippen molar-refractivity contribution in [3.05, 3.63) is 24.3 Å². The first-order valence-electron chi connectivity index (χ1n) is 2.07. The molecule has 0 saturated carbocycles. The monoisotopic (exact) mass is 276 g/mol. The Morgan fingerprint density at radius 1 is 1.14 bits per heavy atom. The molecule has 0 N–H and O–H groups in total. The molecule has 0 aliphatic heterocycles. The first-order chi connectivity index (χ1) is 2.89. The second-order valence-electron chi connectivity index (χ2n) is 1.43. The Kier molecular flexibility index (Phi) is 3.66. The molecule has 2 heteroatoms. The van der Waals surface area contributed by atoms with Crippen LogP contribution in [0.1, 0.15) is 0 Å². The first-order valence-corrected chi connectivity index (χ1v) is 2.89. The van der Waals surface area contributed by atoms with E-state index in [4.69, 9.17) is 0 Å². The van der Waals surface area contributed by atoms with Crippen molar-refractivity contribution in [1.82, 2.24) is 0 Å². The maximum atomic E-state index is 2.18. The molecule has 0 atom stereocenters. The molecule has 0 unspecified atom stereocenters. The maximum Gasteiger partial charge on any atom is 0.0223 e. The molecule has 0 bridgehead atoms. The van der Waals surface area contributed by atoms with Gasteiger partial charge in [-0.15, -0.1) is 0 Å². The molecule has 0 heterocycles. The molecule has 0 spiro atoms. The zero-order valence-electron chi connectivity index (χ0n) is 4.04. The number of hydrogen-bond donors (Lipinski definition) is 0. The normalized spacial score (nSPS) is 17.3. The summed E-state index contributed by atoms with van der Waals surface area (Å²) in [5.41, 5.74) is 0.713. The Balaban J connectivity index is 0.000000360. The topological polar surface area (TPSA) is 0 Å². The molecular formula is C5H7SiTa. The van der Waals surface area contributed by atoms with Gasteiger partial charge in [0.25, 0.3) is 0 Å². The fourth-order valence-electron chi connectivity index (χ4n) is 0.478. The second kappa shape index (κ2) is 3.44. The molecule has 0 saturated heterocycles. The zero-order chi connectivity index (χ0) is 4.41. The van der Waals surface area contributed by atoms with Crippen LogP contribution in [0.15, 0.2) is 24.3 Å². The van der Waals surface area contributed by atoms with Crippen molar-refractivity contribution < 1.29 is 22.4 Å². The summed E-state index contributed by atoms with van der Waals surface area (Å²) in [6, 6.07) is 0. The van der Waals surface area contributed by atoms with Gasteiger partial charge in [-0.25, -0.2) is 0 Å². The third kappa shape index (κ3) is 2.29. The van der Waals surface area contributed by atoms with E-state index in [1.165, 1.54) is 0 Å². The van der Waals surface area contributed by atoms with Crippen LogP contribution >= 0.6 is 0 Å². The van der Waals surface area contributed by atoms with Crippen LogP contribution in [0.25, 0.3) is 0 Å². The first kappa shape index (κ1) is 7.44. The van der Waals surface area contributed by atoms with Gasteiger partial charge in [-0.2, -0.15) is 0 Å². The summed E-state index contributed by atoms with van der Waals surface area (Å²) in [6.45, 7) is 0. The van der Waals surface area contributed by atoms with Crippen LogP contribution in [0.5, 0.6) is 0 Å². The molecule has 7 heavy (non-hydrogen) atoms. The third-order valence-corrected chi connectivity index (χ3v) is 1.37. The fraction of sp³-hybridized carbons (Fsp3) is 0.200. The molecule has 0 aromatic carbocycles. The van der Waals surface area contributed by atoms with Gasteiger partial charge in [0, 0.05) is 32.6 Å². The van der Waals surface area contributed by atoms with Crippen LogP contribution in [0.3, 0.4) is 0 Å². The van der Waals surface area contributed by atoms with E-state index in [0.29, 0.717) is 5.54 Å². The Morgan fingerprint density at radius 2 is 1.57 bits per heavy atom. The quantitative estimate of drug-likeness (QED) is 0.566. The minimum atomic E-state index is 0. The Labute approximate surface area is 62.6 Å². The molecule has 0 nitrogen and oxygen atoms in total. The van der Waals surface area contributed by atoms with E-state index in [9.17, 15) is 0 Å². The van der Waals surface area contributed by atoms with Crippen LogP contribution < -0.4 is 0 Å². The van der Waals surface area contributed by atoms with Gasteiger partial charge >= 0.3 is 0 Å². The number of hydrogen-bond acceptors (Lipinski definition) is 0. The summed E-state index contributed by atoms with van der Waals surface area (Å²) in [6.07, 6.45) is 8.52. The summed E-state index contributed by atoms with van der Waals surface area (Å²) < 4.78 is 0. The summed E-state index contributed by atoms with van der Waals surface area (Å²) in [7, 11) is 1.99. The predicted octanol–water partition coefficient (Wildman–Crippen LogP) is 0.531. The van der Waals surface area contributed by atoms with Crippen molar-refractivity contribution in [2.24, 2.45) is 0 Å². The van der Waals surface area contributed by atoms with E-state index < -0.39 is 0 Å².